The summed E-state index contributed by atoms with van der Waals surface area (Å²) in [4.78, 5) is 12.2. The molecule has 1 aromatic rings. The van der Waals surface area contributed by atoms with Gasteiger partial charge in [0.2, 0.25) is 0 Å². The number of Topliss-reactive ketones (excluding diaryl/α,β-unsaturated/α-hetero) is 1. The summed E-state index contributed by atoms with van der Waals surface area (Å²) in [6.45, 7) is 0.874. The number of ketones is 1. The Hall–Kier alpha value is -1.15. The molecular weight excluding hydrogens is 212 g/mol. The van der Waals surface area contributed by atoms with E-state index < -0.39 is 0 Å². The number of ether oxygens (including phenoxy) is 1. The van der Waals surface area contributed by atoms with Crippen LogP contribution in [0.15, 0.2) is 24.3 Å². The lowest BCUT2D eigenvalue weighted by Crippen LogP contribution is -2.24. The van der Waals surface area contributed by atoms with Crippen LogP contribution in [-0.4, -0.2) is 18.5 Å². The maximum atomic E-state index is 12.2. The zero-order valence-corrected chi connectivity index (χ0v) is 10.0. The van der Waals surface area contributed by atoms with Gasteiger partial charge in [-0.2, -0.15) is 0 Å². The highest BCUT2D eigenvalue weighted by molar-refractivity contribution is 6.02. The normalized spacial score (nSPS) is 28.1. The molecule has 0 amide bonds. The third-order valence-corrected chi connectivity index (χ3v) is 3.94. The Morgan fingerprint density at radius 3 is 2.88 bits per heavy atom. The molecule has 3 rings (SSSR count). The Kier molecular flexibility index (Phi) is 2.98. The topological polar surface area (TPSA) is 26.3 Å². The van der Waals surface area contributed by atoms with Crippen molar-refractivity contribution in [2.24, 2.45) is 5.92 Å². The smallest absolute Gasteiger partial charge is 0.166 e. The lowest BCUT2D eigenvalue weighted by Gasteiger charge is -2.24. The highest BCUT2D eigenvalue weighted by atomic mass is 16.5. The Bertz CT molecular complexity index is 419. The van der Waals surface area contributed by atoms with E-state index in [4.69, 9.17) is 4.74 Å². The van der Waals surface area contributed by atoms with Crippen LogP contribution < -0.4 is 0 Å². The molecule has 1 fully saturated rings. The van der Waals surface area contributed by atoms with Crippen LogP contribution in [0.5, 0.6) is 0 Å². The Morgan fingerprint density at radius 2 is 2.12 bits per heavy atom. The maximum Gasteiger partial charge on any atom is 0.166 e. The molecule has 0 spiro atoms. The van der Waals surface area contributed by atoms with Gasteiger partial charge in [-0.3, -0.25) is 4.79 Å². The van der Waals surface area contributed by atoms with Gasteiger partial charge in [0.05, 0.1) is 6.10 Å². The van der Waals surface area contributed by atoms with E-state index in [2.05, 4.69) is 6.07 Å². The monoisotopic (exact) mass is 230 g/mol. The molecule has 1 aliphatic carbocycles. The number of carbonyl (C=O) groups excluding carboxylic acids is 1. The first-order chi connectivity index (χ1) is 8.34. The zero-order valence-electron chi connectivity index (χ0n) is 10.0. The minimum absolute atomic E-state index is 0.162. The highest BCUT2D eigenvalue weighted by Crippen LogP contribution is 2.31. The third kappa shape index (κ3) is 2.14. The van der Waals surface area contributed by atoms with Crippen LogP contribution in [0, 0.1) is 5.92 Å². The van der Waals surface area contributed by atoms with E-state index in [0.29, 0.717) is 11.9 Å². The van der Waals surface area contributed by atoms with Crippen LogP contribution in [0.25, 0.3) is 0 Å². The molecule has 2 heteroatoms. The molecule has 2 unspecified atom stereocenters. The van der Waals surface area contributed by atoms with Crippen LogP contribution >= 0.6 is 0 Å². The molecule has 0 saturated carbocycles. The van der Waals surface area contributed by atoms with Crippen LogP contribution in [-0.2, 0) is 11.2 Å². The molecule has 1 aliphatic heterocycles. The van der Waals surface area contributed by atoms with Crippen molar-refractivity contribution >= 4 is 5.78 Å². The van der Waals surface area contributed by atoms with Crippen molar-refractivity contribution in [3.8, 4) is 0 Å². The van der Waals surface area contributed by atoms with Gasteiger partial charge in [0.15, 0.2) is 5.78 Å². The van der Waals surface area contributed by atoms with Gasteiger partial charge in [0, 0.05) is 18.1 Å². The minimum atomic E-state index is 0.162. The number of hydrogen-bond donors (Lipinski definition) is 0. The van der Waals surface area contributed by atoms with Crippen molar-refractivity contribution in [2.75, 3.05) is 6.61 Å². The molecule has 1 aromatic carbocycles. The van der Waals surface area contributed by atoms with Crippen LogP contribution in [0.3, 0.4) is 0 Å². The second-order valence-electron chi connectivity index (χ2n) is 5.15. The Labute approximate surface area is 102 Å². The average Bonchev–Trinajstić information content (AvgIpc) is 2.68. The Balaban J connectivity index is 1.69. The summed E-state index contributed by atoms with van der Waals surface area (Å²) in [5, 5.41) is 0. The number of carbonyl (C=O) groups is 1. The molecule has 2 atom stereocenters. The van der Waals surface area contributed by atoms with E-state index in [1.54, 1.807) is 0 Å². The van der Waals surface area contributed by atoms with Crippen LogP contribution in [0.1, 0.15) is 41.6 Å². The fourth-order valence-corrected chi connectivity index (χ4v) is 3.02. The van der Waals surface area contributed by atoms with Crippen LogP contribution in [0.2, 0.25) is 0 Å². The molecule has 2 aliphatic rings. The van der Waals surface area contributed by atoms with E-state index in [-0.39, 0.29) is 5.92 Å². The quantitative estimate of drug-likeness (QED) is 0.780. The van der Waals surface area contributed by atoms with E-state index in [0.717, 1.165) is 31.4 Å². The fourth-order valence-electron chi connectivity index (χ4n) is 3.02. The van der Waals surface area contributed by atoms with E-state index >= 15 is 0 Å². The number of benzene rings is 1. The summed E-state index contributed by atoms with van der Waals surface area (Å²) in [5.41, 5.74) is 2.16. The predicted molar refractivity (Wildman–Crippen MR) is 66.2 cm³/mol. The molecule has 0 radical (unpaired) electrons. The largest absolute Gasteiger partial charge is 0.378 e. The van der Waals surface area contributed by atoms with Gasteiger partial charge in [-0.25, -0.2) is 0 Å². The summed E-state index contributed by atoms with van der Waals surface area (Å²) in [6.07, 6.45) is 5.68. The van der Waals surface area contributed by atoms with Gasteiger partial charge < -0.3 is 4.74 Å². The van der Waals surface area contributed by atoms with E-state index in [1.165, 1.54) is 18.4 Å². The lowest BCUT2D eigenvalue weighted by atomic mass is 9.94. The molecule has 1 heterocycles. The van der Waals surface area contributed by atoms with Gasteiger partial charge in [0.25, 0.3) is 0 Å². The van der Waals surface area contributed by atoms with Crippen molar-refractivity contribution in [2.45, 2.75) is 38.2 Å². The van der Waals surface area contributed by atoms with Gasteiger partial charge in [-0.05, 0) is 37.7 Å². The Morgan fingerprint density at radius 1 is 1.24 bits per heavy atom. The fraction of sp³-hybridized carbons (Fsp3) is 0.533. The predicted octanol–water partition coefficient (Wildman–Crippen LogP) is 3.00. The molecule has 90 valence electrons. The van der Waals surface area contributed by atoms with Crippen molar-refractivity contribution in [3.63, 3.8) is 0 Å². The molecular formula is C15H18O2. The molecule has 1 saturated heterocycles. The molecule has 0 aromatic heterocycles. The summed E-state index contributed by atoms with van der Waals surface area (Å²) < 4.78 is 5.73. The molecule has 17 heavy (non-hydrogen) atoms. The summed E-state index contributed by atoms with van der Waals surface area (Å²) in [6, 6.07) is 8.01. The van der Waals surface area contributed by atoms with E-state index in [9.17, 15) is 4.79 Å². The van der Waals surface area contributed by atoms with Crippen LogP contribution in [0.4, 0.5) is 0 Å². The first kappa shape index (κ1) is 11.0. The zero-order chi connectivity index (χ0) is 11.7. The molecule has 0 N–H and O–H groups in total. The summed E-state index contributed by atoms with van der Waals surface area (Å²) in [7, 11) is 0. The minimum Gasteiger partial charge on any atom is -0.378 e. The molecule has 0 bridgehead atoms. The van der Waals surface area contributed by atoms with Gasteiger partial charge >= 0.3 is 0 Å². The second-order valence-corrected chi connectivity index (χ2v) is 5.15. The maximum absolute atomic E-state index is 12.2. The van der Waals surface area contributed by atoms with E-state index in [1.807, 2.05) is 18.2 Å². The van der Waals surface area contributed by atoms with Crippen molar-refractivity contribution in [1.29, 1.82) is 0 Å². The van der Waals surface area contributed by atoms with Gasteiger partial charge in [-0.15, -0.1) is 0 Å². The van der Waals surface area contributed by atoms with Crippen molar-refractivity contribution < 1.29 is 9.53 Å². The van der Waals surface area contributed by atoms with Gasteiger partial charge in [0.1, 0.15) is 0 Å². The standard InChI is InChI=1S/C15H18O2/c16-15-12(10-13-6-3-4-8-17-13)9-11-5-1-2-7-14(11)15/h1-2,5,7,12-13H,3-4,6,8-10H2. The van der Waals surface area contributed by atoms with Gasteiger partial charge in [-0.1, -0.05) is 24.3 Å². The first-order valence-electron chi connectivity index (χ1n) is 6.58. The summed E-state index contributed by atoms with van der Waals surface area (Å²) >= 11 is 0. The first-order valence-corrected chi connectivity index (χ1v) is 6.58. The van der Waals surface area contributed by atoms with Crippen molar-refractivity contribution in [1.82, 2.24) is 0 Å². The third-order valence-electron chi connectivity index (χ3n) is 3.94. The summed E-state index contributed by atoms with van der Waals surface area (Å²) in [5.74, 6) is 0.491. The van der Waals surface area contributed by atoms with Crippen molar-refractivity contribution in [3.05, 3.63) is 35.4 Å². The number of fused-ring (bicyclic) bond motifs is 1. The average molecular weight is 230 g/mol. The number of rotatable bonds is 2. The highest BCUT2D eigenvalue weighted by Gasteiger charge is 2.32. The number of hydrogen-bond acceptors (Lipinski definition) is 2. The SMILES string of the molecule is O=C1c2ccccc2CC1CC1CCCCO1. The second kappa shape index (κ2) is 4.61. The molecule has 2 nitrogen and oxygen atoms in total. The lowest BCUT2D eigenvalue weighted by molar-refractivity contribution is 0.00302.